The lowest BCUT2D eigenvalue weighted by Crippen LogP contribution is -2.26. The van der Waals surface area contributed by atoms with E-state index in [2.05, 4.69) is 19.9 Å². The van der Waals surface area contributed by atoms with Crippen molar-refractivity contribution in [3.05, 3.63) is 36.3 Å². The summed E-state index contributed by atoms with van der Waals surface area (Å²) < 4.78 is 11.2. The van der Waals surface area contributed by atoms with Crippen LogP contribution in [0, 0.1) is 6.92 Å². The van der Waals surface area contributed by atoms with Gasteiger partial charge in [0.05, 0.1) is 13.7 Å². The van der Waals surface area contributed by atoms with Gasteiger partial charge in [-0.15, -0.1) is 0 Å². The van der Waals surface area contributed by atoms with E-state index in [1.54, 1.807) is 25.6 Å². The van der Waals surface area contributed by atoms with Crippen molar-refractivity contribution >= 4 is 5.95 Å². The van der Waals surface area contributed by atoms with Gasteiger partial charge in [-0.2, -0.15) is 4.98 Å². The first-order valence-electron chi connectivity index (χ1n) is 6.95. The van der Waals surface area contributed by atoms with E-state index in [1.807, 2.05) is 19.2 Å². The van der Waals surface area contributed by atoms with E-state index in [-0.39, 0.29) is 6.10 Å². The molecular weight excluding hydrogens is 268 g/mol. The fourth-order valence-electron chi connectivity index (χ4n) is 2.38. The molecule has 1 aliphatic heterocycles. The molecule has 0 aromatic carbocycles. The summed E-state index contributed by atoms with van der Waals surface area (Å²) in [5.74, 6) is 2.16. The second kappa shape index (κ2) is 5.95. The molecule has 1 fully saturated rings. The number of anilines is 1. The summed E-state index contributed by atoms with van der Waals surface area (Å²) in [4.78, 5) is 14.8. The van der Waals surface area contributed by atoms with Gasteiger partial charge in [0.25, 0.3) is 0 Å². The van der Waals surface area contributed by atoms with Crippen molar-refractivity contribution in [3.8, 4) is 11.6 Å². The molecule has 0 saturated carbocycles. The standard InChI is InChI=1S/C15H18N4O2/c1-11-9-16-6-3-13(11)21-12-5-8-19(10-12)15-17-7-4-14(18-15)20-2/h3-4,6-7,9,12H,5,8,10H2,1-2H3. The first-order valence-corrected chi connectivity index (χ1v) is 6.95. The van der Waals surface area contributed by atoms with Crippen molar-refractivity contribution in [2.45, 2.75) is 19.4 Å². The molecule has 1 atom stereocenters. The predicted molar refractivity (Wildman–Crippen MR) is 78.8 cm³/mol. The van der Waals surface area contributed by atoms with Gasteiger partial charge in [0.15, 0.2) is 0 Å². The molecule has 1 aliphatic rings. The Morgan fingerprint density at radius 2 is 2.19 bits per heavy atom. The number of rotatable bonds is 4. The maximum atomic E-state index is 6.05. The van der Waals surface area contributed by atoms with E-state index in [0.29, 0.717) is 11.8 Å². The van der Waals surface area contributed by atoms with Gasteiger partial charge in [0.1, 0.15) is 11.9 Å². The lowest BCUT2D eigenvalue weighted by atomic mass is 10.2. The minimum absolute atomic E-state index is 0.140. The van der Waals surface area contributed by atoms with Gasteiger partial charge >= 0.3 is 0 Å². The summed E-state index contributed by atoms with van der Waals surface area (Å²) in [5, 5.41) is 0. The maximum Gasteiger partial charge on any atom is 0.228 e. The molecule has 1 saturated heterocycles. The van der Waals surface area contributed by atoms with Crippen molar-refractivity contribution in [1.82, 2.24) is 15.0 Å². The Hall–Kier alpha value is -2.37. The largest absolute Gasteiger partial charge is 0.488 e. The molecule has 110 valence electrons. The first-order chi connectivity index (χ1) is 10.3. The Labute approximate surface area is 123 Å². The average Bonchev–Trinajstić information content (AvgIpc) is 2.98. The monoisotopic (exact) mass is 286 g/mol. The van der Waals surface area contributed by atoms with E-state index >= 15 is 0 Å². The lowest BCUT2D eigenvalue weighted by Gasteiger charge is -2.18. The van der Waals surface area contributed by atoms with Crippen LogP contribution < -0.4 is 14.4 Å². The van der Waals surface area contributed by atoms with E-state index in [1.165, 1.54) is 0 Å². The normalized spacial score (nSPS) is 17.8. The number of nitrogens with zero attached hydrogens (tertiary/aromatic N) is 4. The van der Waals surface area contributed by atoms with Crippen molar-refractivity contribution in [3.63, 3.8) is 0 Å². The highest BCUT2D eigenvalue weighted by atomic mass is 16.5. The van der Waals surface area contributed by atoms with Crippen LogP contribution in [0.5, 0.6) is 11.6 Å². The van der Waals surface area contributed by atoms with Gasteiger partial charge < -0.3 is 14.4 Å². The molecule has 6 heteroatoms. The molecule has 0 aliphatic carbocycles. The number of pyridine rings is 1. The van der Waals surface area contributed by atoms with Crippen LogP contribution in [0.3, 0.4) is 0 Å². The quantitative estimate of drug-likeness (QED) is 0.855. The van der Waals surface area contributed by atoms with Crippen molar-refractivity contribution in [1.29, 1.82) is 0 Å². The number of methoxy groups -OCH3 is 1. The van der Waals surface area contributed by atoms with E-state index < -0.39 is 0 Å². The third-order valence-electron chi connectivity index (χ3n) is 3.52. The molecule has 0 amide bonds. The highest BCUT2D eigenvalue weighted by Gasteiger charge is 2.26. The maximum absolute atomic E-state index is 6.05. The smallest absolute Gasteiger partial charge is 0.228 e. The van der Waals surface area contributed by atoms with Crippen LogP contribution in [0.25, 0.3) is 0 Å². The van der Waals surface area contributed by atoms with Crippen LogP contribution in [-0.2, 0) is 0 Å². The second-order valence-corrected chi connectivity index (χ2v) is 5.01. The molecule has 3 heterocycles. The minimum atomic E-state index is 0.140. The highest BCUT2D eigenvalue weighted by molar-refractivity contribution is 5.35. The van der Waals surface area contributed by atoms with E-state index in [9.17, 15) is 0 Å². The Morgan fingerprint density at radius 1 is 1.29 bits per heavy atom. The molecule has 0 radical (unpaired) electrons. The molecule has 6 nitrogen and oxygen atoms in total. The molecule has 0 bridgehead atoms. The van der Waals surface area contributed by atoms with Crippen molar-refractivity contribution < 1.29 is 9.47 Å². The Morgan fingerprint density at radius 3 is 3.00 bits per heavy atom. The van der Waals surface area contributed by atoms with Crippen LogP contribution >= 0.6 is 0 Å². The summed E-state index contributed by atoms with van der Waals surface area (Å²) in [6.07, 6.45) is 6.36. The molecule has 2 aromatic rings. The van der Waals surface area contributed by atoms with E-state index in [0.717, 1.165) is 30.8 Å². The van der Waals surface area contributed by atoms with Gasteiger partial charge in [0.2, 0.25) is 11.8 Å². The number of aromatic nitrogens is 3. The summed E-state index contributed by atoms with van der Waals surface area (Å²) in [6.45, 7) is 3.65. The average molecular weight is 286 g/mol. The summed E-state index contributed by atoms with van der Waals surface area (Å²) in [5.41, 5.74) is 1.05. The summed E-state index contributed by atoms with van der Waals surface area (Å²) in [7, 11) is 1.61. The minimum Gasteiger partial charge on any atom is -0.488 e. The number of aryl methyl sites for hydroxylation is 1. The topological polar surface area (TPSA) is 60.4 Å². The Kier molecular flexibility index (Phi) is 3.85. The fourth-order valence-corrected chi connectivity index (χ4v) is 2.38. The number of hydrogen-bond donors (Lipinski definition) is 0. The molecule has 0 spiro atoms. The summed E-state index contributed by atoms with van der Waals surface area (Å²) in [6, 6.07) is 3.65. The molecule has 3 rings (SSSR count). The predicted octanol–water partition coefficient (Wildman–Crippen LogP) is 1.85. The number of hydrogen-bond acceptors (Lipinski definition) is 6. The van der Waals surface area contributed by atoms with Crippen molar-refractivity contribution in [2.75, 3.05) is 25.1 Å². The molecular formula is C15H18N4O2. The van der Waals surface area contributed by atoms with Gasteiger partial charge in [-0.1, -0.05) is 0 Å². The lowest BCUT2D eigenvalue weighted by molar-refractivity contribution is 0.223. The van der Waals surface area contributed by atoms with Crippen LogP contribution in [0.15, 0.2) is 30.7 Å². The van der Waals surface area contributed by atoms with Crippen LogP contribution in [-0.4, -0.2) is 41.3 Å². The Bertz CT molecular complexity index is 620. The highest BCUT2D eigenvalue weighted by Crippen LogP contribution is 2.23. The van der Waals surface area contributed by atoms with E-state index in [4.69, 9.17) is 9.47 Å². The fraction of sp³-hybridized carbons (Fsp3) is 0.400. The Balaban J connectivity index is 1.66. The molecule has 2 aromatic heterocycles. The zero-order chi connectivity index (χ0) is 14.7. The van der Waals surface area contributed by atoms with Crippen LogP contribution in [0.4, 0.5) is 5.95 Å². The zero-order valence-electron chi connectivity index (χ0n) is 12.2. The second-order valence-electron chi connectivity index (χ2n) is 5.01. The first kappa shape index (κ1) is 13.6. The molecule has 0 N–H and O–H groups in total. The van der Waals surface area contributed by atoms with Gasteiger partial charge in [-0.3, -0.25) is 4.98 Å². The molecule has 21 heavy (non-hydrogen) atoms. The third kappa shape index (κ3) is 3.04. The van der Waals surface area contributed by atoms with Crippen molar-refractivity contribution in [2.24, 2.45) is 0 Å². The van der Waals surface area contributed by atoms with Gasteiger partial charge in [-0.05, 0) is 13.0 Å². The van der Waals surface area contributed by atoms with Gasteiger partial charge in [-0.25, -0.2) is 4.98 Å². The molecule has 1 unspecified atom stereocenters. The van der Waals surface area contributed by atoms with Gasteiger partial charge in [0, 0.05) is 43.2 Å². The SMILES string of the molecule is COc1ccnc(N2CCC(Oc3ccncc3C)C2)n1. The van der Waals surface area contributed by atoms with Crippen LogP contribution in [0.2, 0.25) is 0 Å². The third-order valence-corrected chi connectivity index (χ3v) is 3.52. The van der Waals surface area contributed by atoms with Crippen LogP contribution in [0.1, 0.15) is 12.0 Å². The number of ether oxygens (including phenoxy) is 2. The summed E-state index contributed by atoms with van der Waals surface area (Å²) >= 11 is 0. The zero-order valence-corrected chi connectivity index (χ0v) is 12.2.